The van der Waals surface area contributed by atoms with Crippen molar-refractivity contribution >= 4 is 40.2 Å². The number of fused-ring (bicyclic) bond motifs is 1. The van der Waals surface area contributed by atoms with E-state index in [1.54, 1.807) is 23.8 Å². The Morgan fingerprint density at radius 3 is 2.65 bits per heavy atom. The van der Waals surface area contributed by atoms with Crippen LogP contribution in [0.4, 0.5) is 5.95 Å². The van der Waals surface area contributed by atoms with Gasteiger partial charge in [-0.05, 0) is 30.3 Å². The zero-order chi connectivity index (χ0) is 14.3. The van der Waals surface area contributed by atoms with Crippen molar-refractivity contribution in [3.05, 3.63) is 46.4 Å². The molecule has 0 saturated carbocycles. The number of para-hydroxylation sites is 1. The minimum Gasteiger partial charge on any atom is -0.494 e. The highest BCUT2D eigenvalue weighted by Crippen LogP contribution is 2.31. The highest BCUT2D eigenvalue weighted by molar-refractivity contribution is 6.42. The molecule has 0 saturated heterocycles. The Morgan fingerprint density at radius 1 is 1.15 bits per heavy atom. The van der Waals surface area contributed by atoms with Crippen LogP contribution < -0.4 is 10.5 Å². The number of nitrogens with zero attached hydrogens (tertiary/aromatic N) is 2. The van der Waals surface area contributed by atoms with E-state index in [-0.39, 0.29) is 0 Å². The van der Waals surface area contributed by atoms with Gasteiger partial charge in [0.25, 0.3) is 0 Å². The summed E-state index contributed by atoms with van der Waals surface area (Å²) in [5, 5.41) is 0.962. The van der Waals surface area contributed by atoms with E-state index in [2.05, 4.69) is 4.98 Å². The van der Waals surface area contributed by atoms with Crippen LogP contribution in [0.1, 0.15) is 0 Å². The predicted molar refractivity (Wildman–Crippen MR) is 82.1 cm³/mol. The Bertz CT molecular complexity index is 798. The second kappa shape index (κ2) is 4.89. The molecule has 6 heteroatoms. The molecule has 3 aromatic rings. The Morgan fingerprint density at radius 2 is 1.95 bits per heavy atom. The van der Waals surface area contributed by atoms with Gasteiger partial charge in [-0.2, -0.15) is 0 Å². The van der Waals surface area contributed by atoms with Gasteiger partial charge in [-0.3, -0.25) is 4.57 Å². The van der Waals surface area contributed by atoms with Gasteiger partial charge in [0.05, 0.1) is 28.4 Å². The smallest absolute Gasteiger partial charge is 0.206 e. The minimum atomic E-state index is 0.364. The Hall–Kier alpha value is -1.91. The predicted octanol–water partition coefficient (Wildman–Crippen LogP) is 3.92. The summed E-state index contributed by atoms with van der Waals surface area (Å²) < 4.78 is 7.10. The first-order valence-electron chi connectivity index (χ1n) is 5.88. The molecule has 0 amide bonds. The molecule has 0 radical (unpaired) electrons. The zero-order valence-corrected chi connectivity index (χ0v) is 12.1. The Labute approximate surface area is 125 Å². The average Bonchev–Trinajstić information content (AvgIpc) is 2.78. The van der Waals surface area contributed by atoms with Gasteiger partial charge < -0.3 is 10.5 Å². The Kier molecular flexibility index (Phi) is 3.20. The summed E-state index contributed by atoms with van der Waals surface area (Å²) in [5.74, 6) is 1.04. The maximum absolute atomic E-state index is 6.06. The topological polar surface area (TPSA) is 53.1 Å². The third-order valence-electron chi connectivity index (χ3n) is 3.06. The molecular formula is C14H11Cl2N3O. The van der Waals surface area contributed by atoms with Crippen LogP contribution >= 0.6 is 23.2 Å². The number of benzene rings is 2. The molecule has 0 atom stereocenters. The van der Waals surface area contributed by atoms with Crippen molar-refractivity contribution in [2.45, 2.75) is 0 Å². The van der Waals surface area contributed by atoms with Crippen molar-refractivity contribution in [3.63, 3.8) is 0 Å². The molecule has 4 nitrogen and oxygen atoms in total. The van der Waals surface area contributed by atoms with Gasteiger partial charge >= 0.3 is 0 Å². The van der Waals surface area contributed by atoms with Gasteiger partial charge in [0.1, 0.15) is 11.3 Å². The lowest BCUT2D eigenvalue weighted by molar-refractivity contribution is 0.419. The number of nitrogen functional groups attached to an aromatic ring is 1. The third kappa shape index (κ3) is 1.97. The first-order chi connectivity index (χ1) is 9.61. The third-order valence-corrected chi connectivity index (χ3v) is 3.79. The summed E-state index contributed by atoms with van der Waals surface area (Å²) in [6.07, 6.45) is 0. The van der Waals surface area contributed by atoms with Gasteiger partial charge in [0.15, 0.2) is 0 Å². The van der Waals surface area contributed by atoms with Crippen LogP contribution in [0.5, 0.6) is 5.75 Å². The fourth-order valence-electron chi connectivity index (χ4n) is 2.15. The number of methoxy groups -OCH3 is 1. The molecule has 0 aliphatic heterocycles. The summed E-state index contributed by atoms with van der Waals surface area (Å²) in [6, 6.07) is 11.0. The molecule has 0 spiro atoms. The maximum Gasteiger partial charge on any atom is 0.206 e. The van der Waals surface area contributed by atoms with E-state index in [1.165, 1.54) is 0 Å². The number of hydrogen-bond donors (Lipinski definition) is 1. The van der Waals surface area contributed by atoms with E-state index in [1.807, 2.05) is 24.3 Å². The van der Waals surface area contributed by atoms with E-state index < -0.39 is 0 Å². The number of nitrogens with two attached hydrogens (primary N) is 1. The number of halogens is 2. The highest BCUT2D eigenvalue weighted by atomic mass is 35.5. The number of anilines is 1. The van der Waals surface area contributed by atoms with Crippen molar-refractivity contribution < 1.29 is 4.74 Å². The fourth-order valence-corrected chi connectivity index (χ4v) is 2.44. The second-order valence-corrected chi connectivity index (χ2v) is 5.05. The van der Waals surface area contributed by atoms with Gasteiger partial charge in [-0.15, -0.1) is 0 Å². The maximum atomic E-state index is 6.06. The van der Waals surface area contributed by atoms with Crippen LogP contribution in [0.15, 0.2) is 36.4 Å². The quantitative estimate of drug-likeness (QED) is 0.780. The van der Waals surface area contributed by atoms with E-state index in [0.717, 1.165) is 11.2 Å². The monoisotopic (exact) mass is 307 g/mol. The summed E-state index contributed by atoms with van der Waals surface area (Å²) in [6.45, 7) is 0. The van der Waals surface area contributed by atoms with Crippen molar-refractivity contribution in [2.75, 3.05) is 12.8 Å². The molecule has 2 N–H and O–H groups in total. The fraction of sp³-hybridized carbons (Fsp3) is 0.0714. The van der Waals surface area contributed by atoms with Gasteiger partial charge in [0.2, 0.25) is 5.95 Å². The molecule has 0 unspecified atom stereocenters. The number of imidazole rings is 1. The molecule has 0 bridgehead atoms. The summed E-state index contributed by atoms with van der Waals surface area (Å²) in [4.78, 5) is 4.35. The summed E-state index contributed by atoms with van der Waals surface area (Å²) >= 11 is 12.0. The Balaban J connectivity index is 2.30. The zero-order valence-electron chi connectivity index (χ0n) is 10.6. The molecule has 20 heavy (non-hydrogen) atoms. The lowest BCUT2D eigenvalue weighted by Gasteiger charge is -2.08. The number of hydrogen-bond acceptors (Lipinski definition) is 3. The summed E-state index contributed by atoms with van der Waals surface area (Å²) in [5.41, 5.74) is 8.37. The molecule has 3 rings (SSSR count). The SMILES string of the molecule is COc1cccc2c1nc(N)n2-c1ccc(Cl)c(Cl)c1. The summed E-state index contributed by atoms with van der Waals surface area (Å²) in [7, 11) is 1.60. The molecule has 102 valence electrons. The van der Waals surface area contributed by atoms with E-state index in [4.69, 9.17) is 33.7 Å². The number of ether oxygens (including phenoxy) is 1. The molecule has 0 aliphatic rings. The average molecular weight is 308 g/mol. The molecule has 1 aromatic heterocycles. The van der Waals surface area contributed by atoms with Crippen LogP contribution in [-0.2, 0) is 0 Å². The van der Waals surface area contributed by atoms with Crippen LogP contribution in [0.2, 0.25) is 10.0 Å². The van der Waals surface area contributed by atoms with Crippen LogP contribution in [0.25, 0.3) is 16.7 Å². The van der Waals surface area contributed by atoms with Gasteiger partial charge in [-0.1, -0.05) is 29.3 Å². The van der Waals surface area contributed by atoms with Gasteiger partial charge in [0, 0.05) is 0 Å². The normalized spacial score (nSPS) is 10.9. The van der Waals surface area contributed by atoms with Crippen molar-refractivity contribution in [1.82, 2.24) is 9.55 Å². The van der Waals surface area contributed by atoms with E-state index in [9.17, 15) is 0 Å². The highest BCUT2D eigenvalue weighted by Gasteiger charge is 2.14. The van der Waals surface area contributed by atoms with E-state index in [0.29, 0.717) is 27.3 Å². The van der Waals surface area contributed by atoms with E-state index >= 15 is 0 Å². The van der Waals surface area contributed by atoms with Crippen LogP contribution in [-0.4, -0.2) is 16.7 Å². The largest absolute Gasteiger partial charge is 0.494 e. The van der Waals surface area contributed by atoms with Crippen molar-refractivity contribution in [3.8, 4) is 11.4 Å². The van der Waals surface area contributed by atoms with Crippen LogP contribution in [0.3, 0.4) is 0 Å². The van der Waals surface area contributed by atoms with Crippen LogP contribution in [0, 0.1) is 0 Å². The lowest BCUT2D eigenvalue weighted by atomic mass is 10.2. The van der Waals surface area contributed by atoms with Crippen molar-refractivity contribution in [1.29, 1.82) is 0 Å². The molecule has 0 fully saturated rings. The van der Waals surface area contributed by atoms with Crippen molar-refractivity contribution in [2.24, 2.45) is 0 Å². The molecule has 1 heterocycles. The minimum absolute atomic E-state index is 0.364. The standard InChI is InChI=1S/C14H11Cl2N3O/c1-20-12-4-2-3-11-13(12)18-14(17)19(11)8-5-6-9(15)10(16)7-8/h2-7H,1H3,(H2,17,18). The first kappa shape index (κ1) is 13.1. The molecular weight excluding hydrogens is 297 g/mol. The van der Waals surface area contributed by atoms with Gasteiger partial charge in [-0.25, -0.2) is 4.98 Å². The number of aromatic nitrogens is 2. The lowest BCUT2D eigenvalue weighted by Crippen LogP contribution is -2.00. The molecule has 2 aromatic carbocycles. The first-order valence-corrected chi connectivity index (χ1v) is 6.64. The second-order valence-electron chi connectivity index (χ2n) is 4.23. The number of rotatable bonds is 2. The molecule has 0 aliphatic carbocycles.